The summed E-state index contributed by atoms with van der Waals surface area (Å²) in [5, 5.41) is 0. The second-order valence-corrected chi connectivity index (χ2v) is 5.03. The van der Waals surface area contributed by atoms with Gasteiger partial charge in [-0.15, -0.1) is 0 Å². The highest BCUT2D eigenvalue weighted by Gasteiger charge is 2.02. The Hall–Kier alpha value is -0.850. The lowest BCUT2D eigenvalue weighted by atomic mass is 10.7. The van der Waals surface area contributed by atoms with Gasteiger partial charge in [0.1, 0.15) is 20.0 Å². The molecule has 0 aromatic heterocycles. The Balaban J connectivity index is 3.13. The average molecular weight is 398 g/mol. The van der Waals surface area contributed by atoms with Crippen molar-refractivity contribution < 1.29 is 47.4 Å². The first-order valence-corrected chi connectivity index (χ1v) is 8.91. The number of rotatable bonds is 22. The lowest BCUT2D eigenvalue weighted by Crippen LogP contribution is -2.18. The Labute approximate surface area is 161 Å². The number of carbonyl (C=O) groups excluding carboxylic acids is 1. The predicted molar refractivity (Wildman–Crippen MR) is 94.8 cm³/mol. The molecule has 0 aromatic carbocycles. The van der Waals surface area contributed by atoms with Crippen molar-refractivity contribution in [2.24, 2.45) is 0 Å². The van der Waals surface area contributed by atoms with E-state index in [2.05, 4.69) is 0 Å². The van der Waals surface area contributed by atoms with Gasteiger partial charge >= 0.3 is 5.97 Å². The zero-order valence-electron chi connectivity index (χ0n) is 16.5. The second-order valence-electron chi connectivity index (χ2n) is 5.03. The standard InChI is InChI=1S/C17H34O10/c1-19-3-5-21-7-9-23-11-12-25-16-26-15-17(18)27-14-13-24-10-8-22-6-4-20-2/h3-16H2,1-2H3. The summed E-state index contributed by atoms with van der Waals surface area (Å²) in [6.45, 7) is 5.21. The minimum Gasteiger partial charge on any atom is -0.462 e. The highest BCUT2D eigenvalue weighted by atomic mass is 16.7. The van der Waals surface area contributed by atoms with Crippen LogP contribution in [-0.4, -0.2) is 113 Å². The van der Waals surface area contributed by atoms with E-state index in [1.165, 1.54) is 0 Å². The Morgan fingerprint density at radius 1 is 0.519 bits per heavy atom. The molecular formula is C17H34O10. The third kappa shape index (κ3) is 23.1. The third-order valence-electron chi connectivity index (χ3n) is 2.86. The summed E-state index contributed by atoms with van der Waals surface area (Å²) >= 11 is 0. The highest BCUT2D eigenvalue weighted by Crippen LogP contribution is 1.87. The molecule has 10 heteroatoms. The van der Waals surface area contributed by atoms with E-state index in [-0.39, 0.29) is 20.0 Å². The summed E-state index contributed by atoms with van der Waals surface area (Å²) in [4.78, 5) is 11.4. The van der Waals surface area contributed by atoms with E-state index in [1.54, 1.807) is 14.2 Å². The first-order valence-electron chi connectivity index (χ1n) is 8.91. The van der Waals surface area contributed by atoms with Crippen molar-refractivity contribution in [1.82, 2.24) is 0 Å². The van der Waals surface area contributed by atoms with Crippen molar-refractivity contribution in [3.8, 4) is 0 Å². The number of esters is 1. The number of carbonyl (C=O) groups is 1. The molecular weight excluding hydrogens is 364 g/mol. The molecule has 0 rings (SSSR count). The van der Waals surface area contributed by atoms with Gasteiger partial charge in [0.05, 0.1) is 72.7 Å². The zero-order valence-corrected chi connectivity index (χ0v) is 16.5. The van der Waals surface area contributed by atoms with Crippen molar-refractivity contribution >= 4 is 5.97 Å². The van der Waals surface area contributed by atoms with E-state index >= 15 is 0 Å². The first kappa shape index (κ1) is 26.1. The van der Waals surface area contributed by atoms with Crippen LogP contribution in [0.1, 0.15) is 0 Å². The minimum atomic E-state index is -0.469. The molecule has 0 saturated heterocycles. The van der Waals surface area contributed by atoms with E-state index in [0.29, 0.717) is 72.7 Å². The monoisotopic (exact) mass is 398 g/mol. The van der Waals surface area contributed by atoms with Crippen LogP contribution in [0.5, 0.6) is 0 Å². The van der Waals surface area contributed by atoms with Crippen LogP contribution < -0.4 is 0 Å². The maximum absolute atomic E-state index is 11.4. The summed E-state index contributed by atoms with van der Waals surface area (Å²) in [7, 11) is 3.24. The van der Waals surface area contributed by atoms with Crippen molar-refractivity contribution in [3.05, 3.63) is 0 Å². The van der Waals surface area contributed by atoms with Crippen LogP contribution in [0.2, 0.25) is 0 Å². The van der Waals surface area contributed by atoms with Crippen LogP contribution in [0, 0.1) is 0 Å². The molecule has 0 amide bonds. The van der Waals surface area contributed by atoms with Crippen LogP contribution >= 0.6 is 0 Å². The van der Waals surface area contributed by atoms with E-state index in [0.717, 1.165) is 0 Å². The van der Waals surface area contributed by atoms with E-state index < -0.39 is 5.97 Å². The molecule has 10 nitrogen and oxygen atoms in total. The van der Waals surface area contributed by atoms with Crippen LogP contribution in [0.3, 0.4) is 0 Å². The predicted octanol–water partition coefficient (Wildman–Crippen LogP) is -0.120. The lowest BCUT2D eigenvalue weighted by molar-refractivity contribution is -0.156. The highest BCUT2D eigenvalue weighted by molar-refractivity contribution is 5.70. The molecule has 0 fully saturated rings. The van der Waals surface area contributed by atoms with Gasteiger partial charge in [-0.2, -0.15) is 0 Å². The molecule has 0 aliphatic rings. The summed E-state index contributed by atoms with van der Waals surface area (Å²) in [5.74, 6) is -0.469. The number of methoxy groups -OCH3 is 2. The molecule has 0 atom stereocenters. The second kappa shape index (κ2) is 23.2. The van der Waals surface area contributed by atoms with Gasteiger partial charge in [-0.05, 0) is 0 Å². The molecule has 0 heterocycles. The van der Waals surface area contributed by atoms with Crippen molar-refractivity contribution in [2.75, 3.05) is 107 Å². The van der Waals surface area contributed by atoms with Crippen molar-refractivity contribution in [2.45, 2.75) is 0 Å². The Bertz CT molecular complexity index is 303. The maximum atomic E-state index is 11.4. The van der Waals surface area contributed by atoms with Gasteiger partial charge in [0.15, 0.2) is 0 Å². The normalized spacial score (nSPS) is 11.0. The molecule has 0 spiro atoms. The minimum absolute atomic E-state index is 0.00187. The van der Waals surface area contributed by atoms with Crippen molar-refractivity contribution in [1.29, 1.82) is 0 Å². The summed E-state index contributed by atoms with van der Waals surface area (Å²) in [6.07, 6.45) is 0. The Kier molecular flexibility index (Phi) is 22.5. The molecule has 0 aromatic rings. The first-order chi connectivity index (χ1) is 13.3. The smallest absolute Gasteiger partial charge is 0.332 e. The Morgan fingerprint density at radius 2 is 0.926 bits per heavy atom. The largest absolute Gasteiger partial charge is 0.462 e. The molecule has 0 N–H and O–H groups in total. The van der Waals surface area contributed by atoms with E-state index in [9.17, 15) is 4.79 Å². The van der Waals surface area contributed by atoms with Gasteiger partial charge in [0.2, 0.25) is 0 Å². The van der Waals surface area contributed by atoms with Gasteiger partial charge < -0.3 is 42.6 Å². The van der Waals surface area contributed by atoms with Crippen LogP contribution in [0.15, 0.2) is 0 Å². The van der Waals surface area contributed by atoms with E-state index in [4.69, 9.17) is 42.6 Å². The quantitative estimate of drug-likeness (QED) is 0.139. The number of hydrogen-bond donors (Lipinski definition) is 0. The van der Waals surface area contributed by atoms with E-state index in [1.807, 2.05) is 0 Å². The molecule has 0 saturated carbocycles. The molecule has 0 unspecified atom stereocenters. The molecule has 0 radical (unpaired) electrons. The number of ether oxygens (including phenoxy) is 9. The molecule has 0 bridgehead atoms. The summed E-state index contributed by atoms with van der Waals surface area (Å²) in [5.41, 5.74) is 0. The van der Waals surface area contributed by atoms with Gasteiger partial charge in [-0.1, -0.05) is 0 Å². The Morgan fingerprint density at radius 3 is 1.41 bits per heavy atom. The fourth-order valence-electron chi connectivity index (χ4n) is 1.55. The van der Waals surface area contributed by atoms with Gasteiger partial charge in [0.25, 0.3) is 0 Å². The average Bonchev–Trinajstić information content (AvgIpc) is 2.67. The van der Waals surface area contributed by atoms with Crippen LogP contribution in [0.4, 0.5) is 0 Å². The lowest BCUT2D eigenvalue weighted by Gasteiger charge is -2.08. The fourth-order valence-corrected chi connectivity index (χ4v) is 1.55. The van der Waals surface area contributed by atoms with Gasteiger partial charge in [0, 0.05) is 14.2 Å². The van der Waals surface area contributed by atoms with Gasteiger partial charge in [-0.3, -0.25) is 0 Å². The fraction of sp³-hybridized carbons (Fsp3) is 0.941. The number of hydrogen-bond acceptors (Lipinski definition) is 10. The van der Waals surface area contributed by atoms with Crippen molar-refractivity contribution in [3.63, 3.8) is 0 Å². The molecule has 0 aliphatic heterocycles. The van der Waals surface area contributed by atoms with Crippen LogP contribution in [-0.2, 0) is 47.4 Å². The molecule has 27 heavy (non-hydrogen) atoms. The SMILES string of the molecule is COCCOCCOCCOCOCC(=O)OCCOCCOCCOC. The molecule has 162 valence electrons. The molecule has 0 aliphatic carbocycles. The third-order valence-corrected chi connectivity index (χ3v) is 2.86. The maximum Gasteiger partial charge on any atom is 0.332 e. The zero-order chi connectivity index (χ0) is 19.8. The van der Waals surface area contributed by atoms with Crippen LogP contribution in [0.25, 0.3) is 0 Å². The topological polar surface area (TPSA) is 100 Å². The summed E-state index contributed by atoms with van der Waals surface area (Å²) < 4.78 is 45.8. The summed E-state index contributed by atoms with van der Waals surface area (Å²) in [6, 6.07) is 0. The van der Waals surface area contributed by atoms with Gasteiger partial charge in [-0.25, -0.2) is 4.79 Å².